The van der Waals surface area contributed by atoms with Crippen LogP contribution in [0.4, 0.5) is 10.1 Å². The molecule has 8 heteroatoms. The van der Waals surface area contributed by atoms with Gasteiger partial charge in [-0.15, -0.1) is 10.2 Å². The van der Waals surface area contributed by atoms with E-state index in [-0.39, 0.29) is 11.7 Å². The number of hydrogen-bond acceptors (Lipinski definition) is 5. The molecule has 150 valence electrons. The molecule has 0 unspecified atom stereocenters. The smallest absolute Gasteiger partial charge is 0.255 e. The zero-order valence-electron chi connectivity index (χ0n) is 16.1. The molecule has 0 saturated heterocycles. The molecule has 0 saturated carbocycles. The first-order valence-corrected chi connectivity index (χ1v) is 9.47. The molecule has 0 radical (unpaired) electrons. The monoisotopic (exact) mass is 410 g/mol. The van der Waals surface area contributed by atoms with Gasteiger partial charge < -0.3 is 5.32 Å². The number of fused-ring (bicyclic) bond motifs is 1. The minimum absolute atomic E-state index is 0.308. The van der Waals surface area contributed by atoms with Gasteiger partial charge in [0.15, 0.2) is 11.5 Å². The van der Waals surface area contributed by atoms with Gasteiger partial charge in [0, 0.05) is 34.8 Å². The van der Waals surface area contributed by atoms with Crippen LogP contribution in [0.1, 0.15) is 10.4 Å². The van der Waals surface area contributed by atoms with E-state index in [1.807, 2.05) is 36.4 Å². The molecule has 1 N–H and O–H groups in total. The van der Waals surface area contributed by atoms with Crippen LogP contribution in [-0.4, -0.2) is 30.7 Å². The Labute approximate surface area is 176 Å². The van der Waals surface area contributed by atoms with Crippen LogP contribution in [0, 0.1) is 5.82 Å². The third kappa shape index (κ3) is 3.74. The molecule has 31 heavy (non-hydrogen) atoms. The molecule has 0 atom stereocenters. The lowest BCUT2D eigenvalue weighted by atomic mass is 10.1. The van der Waals surface area contributed by atoms with Crippen molar-refractivity contribution >= 4 is 17.2 Å². The average Bonchev–Trinajstić information content (AvgIpc) is 3.24. The minimum atomic E-state index is -0.384. The van der Waals surface area contributed by atoms with Gasteiger partial charge in [0.05, 0.1) is 5.69 Å². The Hall–Kier alpha value is -4.46. The van der Waals surface area contributed by atoms with E-state index in [1.54, 1.807) is 29.0 Å². The largest absolute Gasteiger partial charge is 0.322 e. The van der Waals surface area contributed by atoms with Crippen LogP contribution < -0.4 is 5.32 Å². The van der Waals surface area contributed by atoms with Crippen LogP contribution in [0.3, 0.4) is 0 Å². The highest BCUT2D eigenvalue weighted by molar-refractivity contribution is 6.04. The van der Waals surface area contributed by atoms with Crippen LogP contribution in [0.2, 0.25) is 0 Å². The van der Waals surface area contributed by atoms with Crippen molar-refractivity contribution in [2.24, 2.45) is 0 Å². The van der Waals surface area contributed by atoms with Crippen molar-refractivity contribution < 1.29 is 9.18 Å². The van der Waals surface area contributed by atoms with E-state index in [2.05, 4.69) is 25.6 Å². The molecule has 0 aliphatic carbocycles. The topological polar surface area (TPSA) is 85.1 Å². The normalized spacial score (nSPS) is 10.9. The molecule has 2 aromatic carbocycles. The van der Waals surface area contributed by atoms with E-state index in [9.17, 15) is 9.18 Å². The van der Waals surface area contributed by atoms with Gasteiger partial charge in [-0.2, -0.15) is 9.61 Å². The Kier molecular flexibility index (Phi) is 4.64. The summed E-state index contributed by atoms with van der Waals surface area (Å²) >= 11 is 0. The summed E-state index contributed by atoms with van der Waals surface area (Å²) in [6.07, 6.45) is 3.41. The van der Waals surface area contributed by atoms with E-state index in [0.717, 1.165) is 16.8 Å². The van der Waals surface area contributed by atoms with Crippen molar-refractivity contribution in [2.75, 3.05) is 5.32 Å². The Morgan fingerprint density at radius 3 is 2.42 bits per heavy atom. The average molecular weight is 410 g/mol. The number of nitrogens with one attached hydrogen (secondary N) is 1. The van der Waals surface area contributed by atoms with Crippen molar-refractivity contribution in [1.29, 1.82) is 0 Å². The van der Waals surface area contributed by atoms with Gasteiger partial charge in [-0.3, -0.25) is 9.78 Å². The molecule has 7 nitrogen and oxygen atoms in total. The summed E-state index contributed by atoms with van der Waals surface area (Å²) in [5.41, 5.74) is 4.05. The molecule has 3 heterocycles. The SMILES string of the molecule is O=C(Nc1ccc(-c2ccc3nnc(-c4cccnc4)n3n2)cc1)c1ccc(F)cc1. The molecule has 5 aromatic rings. The summed E-state index contributed by atoms with van der Waals surface area (Å²) in [7, 11) is 0. The quantitative estimate of drug-likeness (QED) is 0.479. The molecule has 0 bridgehead atoms. The lowest BCUT2D eigenvalue weighted by molar-refractivity contribution is 0.102. The summed E-state index contributed by atoms with van der Waals surface area (Å²) in [6, 6.07) is 20.1. The van der Waals surface area contributed by atoms with Crippen LogP contribution in [-0.2, 0) is 0 Å². The number of aromatic nitrogens is 5. The second kappa shape index (κ2) is 7.75. The zero-order chi connectivity index (χ0) is 21.2. The fourth-order valence-corrected chi connectivity index (χ4v) is 3.15. The predicted octanol–water partition coefficient (Wildman–Crippen LogP) is 4.24. The molecular weight excluding hydrogens is 395 g/mol. The first-order valence-electron chi connectivity index (χ1n) is 9.47. The zero-order valence-corrected chi connectivity index (χ0v) is 16.1. The number of pyridine rings is 1. The van der Waals surface area contributed by atoms with E-state index in [4.69, 9.17) is 0 Å². The second-order valence-electron chi connectivity index (χ2n) is 6.79. The maximum atomic E-state index is 13.0. The van der Waals surface area contributed by atoms with Gasteiger partial charge in [-0.05, 0) is 60.7 Å². The molecule has 5 rings (SSSR count). The number of carbonyl (C=O) groups excluding carboxylic acids is 1. The third-order valence-corrected chi connectivity index (χ3v) is 4.73. The summed E-state index contributed by atoms with van der Waals surface area (Å²) < 4.78 is 14.7. The van der Waals surface area contributed by atoms with Crippen molar-refractivity contribution in [3.05, 3.63) is 96.6 Å². The molecule has 0 aliphatic rings. The van der Waals surface area contributed by atoms with Gasteiger partial charge >= 0.3 is 0 Å². The number of benzene rings is 2. The molecule has 0 spiro atoms. The van der Waals surface area contributed by atoms with Crippen molar-refractivity contribution in [3.63, 3.8) is 0 Å². The summed E-state index contributed by atoms with van der Waals surface area (Å²) in [6.45, 7) is 0. The highest BCUT2D eigenvalue weighted by Crippen LogP contribution is 2.22. The fraction of sp³-hybridized carbons (Fsp3) is 0. The lowest BCUT2D eigenvalue weighted by Gasteiger charge is -2.07. The van der Waals surface area contributed by atoms with Crippen LogP contribution in [0.5, 0.6) is 0 Å². The number of rotatable bonds is 4. The lowest BCUT2D eigenvalue weighted by Crippen LogP contribution is -2.11. The second-order valence-corrected chi connectivity index (χ2v) is 6.79. The fourth-order valence-electron chi connectivity index (χ4n) is 3.15. The summed E-state index contributed by atoms with van der Waals surface area (Å²) in [4.78, 5) is 16.4. The Morgan fingerprint density at radius 2 is 1.68 bits per heavy atom. The van der Waals surface area contributed by atoms with Crippen molar-refractivity contribution in [3.8, 4) is 22.6 Å². The number of amides is 1. The van der Waals surface area contributed by atoms with E-state index >= 15 is 0 Å². The van der Waals surface area contributed by atoms with Gasteiger partial charge in [0.2, 0.25) is 0 Å². The van der Waals surface area contributed by atoms with Crippen molar-refractivity contribution in [1.82, 2.24) is 24.8 Å². The molecule has 0 aliphatic heterocycles. The first-order chi connectivity index (χ1) is 15.2. The summed E-state index contributed by atoms with van der Waals surface area (Å²) in [5, 5.41) is 15.9. The maximum absolute atomic E-state index is 13.0. The van der Waals surface area contributed by atoms with Gasteiger partial charge in [0.25, 0.3) is 5.91 Å². The van der Waals surface area contributed by atoms with E-state index < -0.39 is 0 Å². The van der Waals surface area contributed by atoms with Gasteiger partial charge in [0.1, 0.15) is 5.82 Å². The number of carbonyl (C=O) groups is 1. The van der Waals surface area contributed by atoms with Crippen LogP contribution >= 0.6 is 0 Å². The maximum Gasteiger partial charge on any atom is 0.255 e. The first kappa shape index (κ1) is 18.6. The molecule has 3 aromatic heterocycles. The van der Waals surface area contributed by atoms with Gasteiger partial charge in [-0.1, -0.05) is 12.1 Å². The van der Waals surface area contributed by atoms with Crippen LogP contribution in [0.15, 0.2) is 85.2 Å². The number of hydrogen-bond donors (Lipinski definition) is 1. The Bertz CT molecular complexity index is 1370. The number of anilines is 1. The van der Waals surface area contributed by atoms with E-state index in [0.29, 0.717) is 22.7 Å². The van der Waals surface area contributed by atoms with Crippen LogP contribution in [0.25, 0.3) is 28.3 Å². The highest BCUT2D eigenvalue weighted by atomic mass is 19.1. The van der Waals surface area contributed by atoms with Crippen molar-refractivity contribution in [2.45, 2.75) is 0 Å². The van der Waals surface area contributed by atoms with E-state index in [1.165, 1.54) is 24.3 Å². The molecular formula is C23H15FN6O. The summed E-state index contributed by atoms with van der Waals surface area (Å²) in [5.74, 6) is -0.0869. The molecule has 0 fully saturated rings. The standard InChI is InChI=1S/C23H15FN6O/c24-18-7-3-16(4-8-18)23(31)26-19-9-5-15(6-10-19)20-11-12-21-27-28-22(30(21)29-20)17-2-1-13-25-14-17/h1-14H,(H,26,31). The highest BCUT2D eigenvalue weighted by Gasteiger charge is 2.11. The number of nitrogens with zero attached hydrogens (tertiary/aromatic N) is 5. The minimum Gasteiger partial charge on any atom is -0.322 e. The Balaban J connectivity index is 1.40. The Morgan fingerprint density at radius 1 is 0.871 bits per heavy atom. The predicted molar refractivity (Wildman–Crippen MR) is 114 cm³/mol. The van der Waals surface area contributed by atoms with Gasteiger partial charge in [-0.25, -0.2) is 4.39 Å². The number of halogens is 1. The molecule has 1 amide bonds. The third-order valence-electron chi connectivity index (χ3n) is 4.73.